The minimum absolute atomic E-state index is 0.629. The van der Waals surface area contributed by atoms with Crippen LogP contribution in [0.25, 0.3) is 0 Å². The van der Waals surface area contributed by atoms with E-state index in [4.69, 9.17) is 14.2 Å². The molecule has 0 unspecified atom stereocenters. The van der Waals surface area contributed by atoms with E-state index in [9.17, 15) is 0 Å². The van der Waals surface area contributed by atoms with Crippen molar-refractivity contribution in [2.45, 2.75) is 19.6 Å². The van der Waals surface area contributed by atoms with E-state index in [2.05, 4.69) is 33.8 Å². The van der Waals surface area contributed by atoms with Crippen LogP contribution in [0.15, 0.2) is 29.3 Å². The fourth-order valence-electron chi connectivity index (χ4n) is 2.03. The van der Waals surface area contributed by atoms with Gasteiger partial charge >= 0.3 is 0 Å². The van der Waals surface area contributed by atoms with Crippen molar-refractivity contribution in [2.75, 3.05) is 47.6 Å². The number of aliphatic imine (C=N–C) groups is 1. The second-order valence-electron chi connectivity index (χ2n) is 5.06. The van der Waals surface area contributed by atoms with Gasteiger partial charge in [-0.1, -0.05) is 24.3 Å². The van der Waals surface area contributed by atoms with Crippen molar-refractivity contribution in [3.05, 3.63) is 35.4 Å². The molecular formula is C17H29N3O3. The van der Waals surface area contributed by atoms with E-state index < -0.39 is 0 Å². The third-order valence-corrected chi connectivity index (χ3v) is 3.18. The zero-order valence-electron chi connectivity index (χ0n) is 14.4. The summed E-state index contributed by atoms with van der Waals surface area (Å²) in [4.78, 5) is 4.22. The van der Waals surface area contributed by atoms with Crippen molar-refractivity contribution in [2.24, 2.45) is 4.99 Å². The molecule has 0 aromatic heterocycles. The molecule has 0 amide bonds. The lowest BCUT2D eigenvalue weighted by Crippen LogP contribution is -2.37. The summed E-state index contributed by atoms with van der Waals surface area (Å²) in [5.74, 6) is 0.791. The van der Waals surface area contributed by atoms with E-state index in [-0.39, 0.29) is 0 Å². The normalized spacial score (nSPS) is 11.5. The Bertz CT molecular complexity index is 452. The average molecular weight is 323 g/mol. The maximum absolute atomic E-state index is 5.42. The van der Waals surface area contributed by atoms with Crippen LogP contribution >= 0.6 is 0 Å². The maximum atomic E-state index is 5.42. The van der Waals surface area contributed by atoms with Crippen LogP contribution in [0.3, 0.4) is 0 Å². The topological polar surface area (TPSA) is 64.1 Å². The highest BCUT2D eigenvalue weighted by molar-refractivity contribution is 5.79. The fraction of sp³-hybridized carbons (Fsp3) is 0.588. The predicted octanol–water partition coefficient (Wildman–Crippen LogP) is 1.55. The lowest BCUT2D eigenvalue weighted by atomic mass is 10.1. The Morgan fingerprint density at radius 1 is 1.04 bits per heavy atom. The Kier molecular flexibility index (Phi) is 10.9. The van der Waals surface area contributed by atoms with Gasteiger partial charge in [-0.05, 0) is 17.5 Å². The first-order chi connectivity index (χ1) is 11.3. The molecule has 0 aliphatic rings. The van der Waals surface area contributed by atoms with Crippen LogP contribution in [-0.2, 0) is 27.4 Å². The van der Waals surface area contributed by atoms with Crippen LogP contribution in [0.5, 0.6) is 0 Å². The first-order valence-corrected chi connectivity index (χ1v) is 7.88. The first kappa shape index (κ1) is 19.4. The van der Waals surface area contributed by atoms with Gasteiger partial charge in [0.05, 0.1) is 19.8 Å². The smallest absolute Gasteiger partial charge is 0.191 e. The highest BCUT2D eigenvalue weighted by Crippen LogP contribution is 2.06. The fourth-order valence-corrected chi connectivity index (χ4v) is 2.03. The van der Waals surface area contributed by atoms with Gasteiger partial charge in [0.2, 0.25) is 0 Å². The second kappa shape index (κ2) is 12.9. The lowest BCUT2D eigenvalue weighted by Gasteiger charge is -2.12. The number of guanidine groups is 1. The summed E-state index contributed by atoms with van der Waals surface area (Å²) in [6, 6.07) is 8.32. The number of benzene rings is 1. The Labute approximate surface area is 139 Å². The molecule has 0 heterocycles. The summed E-state index contributed by atoms with van der Waals surface area (Å²) in [6.45, 7) is 4.16. The van der Waals surface area contributed by atoms with E-state index in [1.54, 1.807) is 21.3 Å². The van der Waals surface area contributed by atoms with Crippen LogP contribution in [0.2, 0.25) is 0 Å². The minimum atomic E-state index is 0.629. The zero-order valence-corrected chi connectivity index (χ0v) is 14.4. The number of hydrogen-bond donors (Lipinski definition) is 2. The minimum Gasteiger partial charge on any atom is -0.382 e. The largest absolute Gasteiger partial charge is 0.382 e. The van der Waals surface area contributed by atoms with Gasteiger partial charge in [0.25, 0.3) is 0 Å². The molecule has 6 nitrogen and oxygen atoms in total. The van der Waals surface area contributed by atoms with Crippen molar-refractivity contribution < 1.29 is 14.2 Å². The summed E-state index contributed by atoms with van der Waals surface area (Å²) < 4.78 is 15.5. The zero-order chi connectivity index (χ0) is 16.8. The van der Waals surface area contributed by atoms with Crippen molar-refractivity contribution >= 4 is 5.96 Å². The number of ether oxygens (including phenoxy) is 3. The highest BCUT2D eigenvalue weighted by Gasteiger charge is 1.99. The molecule has 1 rings (SSSR count). The summed E-state index contributed by atoms with van der Waals surface area (Å²) in [5.41, 5.74) is 2.37. The standard InChI is InChI=1S/C17H29N3O3/c1-18-17(19-8-5-9-23-11-10-21-2)20-13-15-6-4-7-16(12-15)14-22-3/h4,6-7,12H,5,8-11,13-14H2,1-3H3,(H2,18,19,20). The number of hydrogen-bond acceptors (Lipinski definition) is 4. The Morgan fingerprint density at radius 3 is 2.61 bits per heavy atom. The molecule has 0 aliphatic heterocycles. The van der Waals surface area contributed by atoms with E-state index in [0.29, 0.717) is 26.4 Å². The molecule has 1 aromatic rings. The monoisotopic (exact) mass is 323 g/mol. The lowest BCUT2D eigenvalue weighted by molar-refractivity contribution is 0.0698. The van der Waals surface area contributed by atoms with Crippen LogP contribution in [0, 0.1) is 0 Å². The van der Waals surface area contributed by atoms with Gasteiger partial charge < -0.3 is 24.8 Å². The van der Waals surface area contributed by atoms with Crippen molar-refractivity contribution in [3.8, 4) is 0 Å². The first-order valence-electron chi connectivity index (χ1n) is 7.88. The van der Waals surface area contributed by atoms with Gasteiger partial charge in [0.15, 0.2) is 5.96 Å². The maximum Gasteiger partial charge on any atom is 0.191 e. The van der Waals surface area contributed by atoms with Crippen molar-refractivity contribution in [1.82, 2.24) is 10.6 Å². The molecule has 0 saturated carbocycles. The molecule has 0 bridgehead atoms. The van der Waals surface area contributed by atoms with E-state index in [0.717, 1.165) is 25.5 Å². The second-order valence-corrected chi connectivity index (χ2v) is 5.06. The molecule has 23 heavy (non-hydrogen) atoms. The molecular weight excluding hydrogens is 294 g/mol. The summed E-state index contributed by atoms with van der Waals surface area (Å²) in [7, 11) is 5.15. The van der Waals surface area contributed by atoms with Gasteiger partial charge in [-0.25, -0.2) is 0 Å². The van der Waals surface area contributed by atoms with Gasteiger partial charge in [-0.15, -0.1) is 0 Å². The summed E-state index contributed by atoms with van der Waals surface area (Å²) in [5, 5.41) is 6.58. The molecule has 1 aromatic carbocycles. The van der Waals surface area contributed by atoms with Crippen molar-refractivity contribution in [1.29, 1.82) is 0 Å². The van der Waals surface area contributed by atoms with Crippen LogP contribution in [0.1, 0.15) is 17.5 Å². The van der Waals surface area contributed by atoms with Gasteiger partial charge in [0, 0.05) is 41.0 Å². The average Bonchev–Trinajstić information content (AvgIpc) is 2.57. The van der Waals surface area contributed by atoms with Gasteiger partial charge in [-0.2, -0.15) is 0 Å². The van der Waals surface area contributed by atoms with Crippen molar-refractivity contribution in [3.63, 3.8) is 0 Å². The quantitative estimate of drug-likeness (QED) is 0.367. The third kappa shape index (κ3) is 9.18. The Morgan fingerprint density at radius 2 is 1.87 bits per heavy atom. The Balaban J connectivity index is 2.22. The molecule has 130 valence electrons. The molecule has 2 N–H and O–H groups in total. The SMILES string of the molecule is CN=C(NCCCOCCOC)NCc1cccc(COC)c1. The molecule has 6 heteroatoms. The molecule has 0 aliphatic carbocycles. The molecule has 0 atom stereocenters. The number of methoxy groups -OCH3 is 2. The Hall–Kier alpha value is -1.63. The molecule has 0 radical (unpaired) electrons. The number of nitrogens with zero attached hydrogens (tertiary/aromatic N) is 1. The summed E-state index contributed by atoms with van der Waals surface area (Å²) >= 11 is 0. The van der Waals surface area contributed by atoms with Crippen LogP contribution in [0.4, 0.5) is 0 Å². The van der Waals surface area contributed by atoms with E-state index in [1.165, 1.54) is 11.1 Å². The van der Waals surface area contributed by atoms with Gasteiger partial charge in [0.1, 0.15) is 0 Å². The van der Waals surface area contributed by atoms with Crippen LogP contribution < -0.4 is 10.6 Å². The third-order valence-electron chi connectivity index (χ3n) is 3.18. The number of rotatable bonds is 11. The highest BCUT2D eigenvalue weighted by atomic mass is 16.5. The van der Waals surface area contributed by atoms with E-state index >= 15 is 0 Å². The van der Waals surface area contributed by atoms with Crippen LogP contribution in [-0.4, -0.2) is 53.6 Å². The number of nitrogens with one attached hydrogen (secondary N) is 2. The predicted molar refractivity (Wildman–Crippen MR) is 92.7 cm³/mol. The summed E-state index contributed by atoms with van der Waals surface area (Å²) in [6.07, 6.45) is 0.924. The molecule has 0 saturated heterocycles. The van der Waals surface area contributed by atoms with Gasteiger partial charge in [-0.3, -0.25) is 4.99 Å². The molecule has 0 fully saturated rings. The molecule has 0 spiro atoms. The van der Waals surface area contributed by atoms with E-state index in [1.807, 2.05) is 6.07 Å².